The Hall–Kier alpha value is -1.78. The molecule has 0 aliphatic rings. The van der Waals surface area contributed by atoms with E-state index >= 15 is 0 Å². The number of ether oxygens (including phenoxy) is 2. The van der Waals surface area contributed by atoms with Crippen LogP contribution in [0.15, 0.2) is 30.3 Å². The second-order valence-corrected chi connectivity index (χ2v) is 17.8. The second kappa shape index (κ2) is 37.2. The molecule has 0 heterocycles. The van der Waals surface area contributed by atoms with Crippen molar-refractivity contribution in [3.05, 3.63) is 35.9 Å². The minimum Gasteiger partial charge on any atom is -0.462 e. The molecule has 0 aromatic heterocycles. The molecule has 2 N–H and O–H groups in total. The predicted octanol–water partition coefficient (Wildman–Crippen LogP) is 12.8. The van der Waals surface area contributed by atoms with Gasteiger partial charge in [-0.3, -0.25) is 23.4 Å². The fourth-order valence-electron chi connectivity index (χ4n) is 6.61. The number of carbonyl (C=O) groups is 3. The number of benzene rings is 1. The van der Waals surface area contributed by atoms with E-state index in [4.69, 9.17) is 18.5 Å². The first kappa shape index (κ1) is 53.2. The number of unbranched alkanes of at least 4 members (excludes halogenated alkanes) is 24. The number of halogens is 1. The highest BCUT2D eigenvalue weighted by molar-refractivity contribution is 9.09. The highest BCUT2D eigenvalue weighted by Crippen LogP contribution is 2.43. The van der Waals surface area contributed by atoms with Gasteiger partial charge >= 0.3 is 19.8 Å². The summed E-state index contributed by atoms with van der Waals surface area (Å²) in [5.74, 6) is -1.21. The van der Waals surface area contributed by atoms with Crippen LogP contribution in [0.1, 0.15) is 204 Å². The average molecular weight is 889 g/mol. The third-order valence-corrected chi connectivity index (χ3v) is 12.0. The van der Waals surface area contributed by atoms with E-state index in [1.54, 1.807) is 0 Å². The second-order valence-electron chi connectivity index (χ2n) is 15.4. The summed E-state index contributed by atoms with van der Waals surface area (Å²) < 4.78 is 33.8. The Morgan fingerprint density at radius 3 is 1.49 bits per heavy atom. The first-order valence-corrected chi connectivity index (χ1v) is 25.0. The maximum atomic E-state index is 12.7. The maximum Gasteiger partial charge on any atom is 0.472 e. The van der Waals surface area contributed by atoms with Gasteiger partial charge in [-0.1, -0.05) is 214 Å². The molecule has 0 saturated heterocycles. The van der Waals surface area contributed by atoms with Crippen LogP contribution < -0.4 is 5.32 Å². The molecule has 1 rings (SSSR count). The number of phosphoric ester groups is 1. The molecule has 0 aliphatic carbocycles. The summed E-state index contributed by atoms with van der Waals surface area (Å²) in [4.78, 5) is 47.4. The van der Waals surface area contributed by atoms with E-state index in [0.717, 1.165) is 37.7 Å². The first-order valence-electron chi connectivity index (χ1n) is 22.6. The Kier molecular flexibility index (Phi) is 34.8. The number of nitrogens with one attached hydrogen (secondary N) is 1. The summed E-state index contributed by atoms with van der Waals surface area (Å²) in [5, 5.41) is 2.65. The van der Waals surface area contributed by atoms with Crippen LogP contribution in [-0.4, -0.2) is 55.2 Å². The summed E-state index contributed by atoms with van der Waals surface area (Å²) in [6.45, 7) is 3.39. The molecule has 0 fully saturated rings. The van der Waals surface area contributed by atoms with E-state index in [1.165, 1.54) is 122 Å². The number of amides is 1. The number of hydrogen-bond acceptors (Lipinski definition) is 8. The number of carbonyl (C=O) groups excluding carboxylic acids is 3. The van der Waals surface area contributed by atoms with Crippen LogP contribution in [0.2, 0.25) is 0 Å². The van der Waals surface area contributed by atoms with E-state index in [0.29, 0.717) is 12.8 Å². The topological polar surface area (TPSA) is 137 Å². The molecule has 1 aromatic carbocycles. The fourth-order valence-corrected chi connectivity index (χ4v) is 7.82. The van der Waals surface area contributed by atoms with Gasteiger partial charge in [-0.15, -0.1) is 0 Å². The average Bonchev–Trinajstić information content (AvgIpc) is 3.21. The van der Waals surface area contributed by atoms with Crippen molar-refractivity contribution in [2.45, 2.75) is 205 Å². The van der Waals surface area contributed by atoms with Gasteiger partial charge in [0.15, 0.2) is 6.10 Å². The van der Waals surface area contributed by atoms with E-state index in [2.05, 4.69) is 35.1 Å². The van der Waals surface area contributed by atoms with Crippen LogP contribution in [0.4, 0.5) is 0 Å². The van der Waals surface area contributed by atoms with Gasteiger partial charge in [0.2, 0.25) is 5.91 Å². The van der Waals surface area contributed by atoms with Gasteiger partial charge in [-0.25, -0.2) is 4.57 Å². The van der Waals surface area contributed by atoms with Crippen LogP contribution in [0.25, 0.3) is 0 Å². The van der Waals surface area contributed by atoms with Crippen molar-refractivity contribution in [2.75, 3.05) is 26.4 Å². The van der Waals surface area contributed by atoms with Crippen molar-refractivity contribution in [3.8, 4) is 0 Å². The SMILES string of the molecule is CCCCCCCCCCCCCCCC(=O)OCC(COP(=O)(O)OCCNC(=O)C(Br)c1ccccc1)OC(=O)CCCCCCCCCCCCCCC. The Balaban J connectivity index is 2.41. The number of hydrogen-bond donors (Lipinski definition) is 2. The number of alkyl halides is 1. The summed E-state index contributed by atoms with van der Waals surface area (Å²) in [5.41, 5.74) is 0.770. The molecule has 330 valence electrons. The highest BCUT2D eigenvalue weighted by atomic mass is 79.9. The minimum absolute atomic E-state index is 0.0317. The van der Waals surface area contributed by atoms with Crippen molar-refractivity contribution in [1.29, 1.82) is 0 Å². The molecule has 1 amide bonds. The van der Waals surface area contributed by atoms with Gasteiger partial charge in [-0.2, -0.15) is 0 Å². The van der Waals surface area contributed by atoms with Gasteiger partial charge in [-0.05, 0) is 18.4 Å². The lowest BCUT2D eigenvalue weighted by atomic mass is 10.0. The van der Waals surface area contributed by atoms with E-state index < -0.39 is 37.3 Å². The third kappa shape index (κ3) is 32.7. The van der Waals surface area contributed by atoms with Gasteiger partial charge in [0.1, 0.15) is 11.4 Å². The monoisotopic (exact) mass is 887 g/mol. The van der Waals surface area contributed by atoms with Crippen molar-refractivity contribution in [2.24, 2.45) is 0 Å². The molecule has 0 spiro atoms. The molecule has 0 saturated carbocycles. The van der Waals surface area contributed by atoms with Gasteiger partial charge < -0.3 is 19.7 Å². The summed E-state index contributed by atoms with van der Waals surface area (Å²) in [6.07, 6.45) is 30.6. The molecular weight excluding hydrogens is 809 g/mol. The molecule has 12 heteroatoms. The van der Waals surface area contributed by atoms with Crippen LogP contribution >= 0.6 is 23.8 Å². The third-order valence-electron chi connectivity index (χ3n) is 10.1. The minimum atomic E-state index is -4.57. The van der Waals surface area contributed by atoms with Gasteiger partial charge in [0.25, 0.3) is 0 Å². The smallest absolute Gasteiger partial charge is 0.462 e. The van der Waals surface area contributed by atoms with Crippen molar-refractivity contribution in [3.63, 3.8) is 0 Å². The predicted molar refractivity (Wildman–Crippen MR) is 234 cm³/mol. The zero-order valence-corrected chi connectivity index (χ0v) is 38.2. The van der Waals surface area contributed by atoms with E-state index in [-0.39, 0.29) is 38.5 Å². The molecule has 0 bridgehead atoms. The van der Waals surface area contributed by atoms with Crippen LogP contribution in [0.3, 0.4) is 0 Å². The maximum absolute atomic E-state index is 12.7. The quantitative estimate of drug-likeness (QED) is 0.0285. The number of esters is 2. The van der Waals surface area contributed by atoms with E-state index in [9.17, 15) is 23.8 Å². The summed E-state index contributed by atoms with van der Waals surface area (Å²) >= 11 is 3.35. The highest BCUT2D eigenvalue weighted by Gasteiger charge is 2.26. The Morgan fingerprint density at radius 1 is 0.614 bits per heavy atom. The molecule has 57 heavy (non-hydrogen) atoms. The Bertz CT molecular complexity index is 1170. The van der Waals surface area contributed by atoms with Gasteiger partial charge in [0, 0.05) is 19.4 Å². The molecular formula is C45H79BrNO9P. The molecule has 0 radical (unpaired) electrons. The largest absolute Gasteiger partial charge is 0.472 e. The molecule has 1 aromatic rings. The first-order chi connectivity index (χ1) is 27.7. The number of rotatable bonds is 40. The van der Waals surface area contributed by atoms with Crippen LogP contribution in [0.5, 0.6) is 0 Å². The number of phosphoric acid groups is 1. The van der Waals surface area contributed by atoms with Crippen LogP contribution in [-0.2, 0) is 37.5 Å². The zero-order valence-electron chi connectivity index (χ0n) is 35.7. The Labute approximate surface area is 354 Å². The van der Waals surface area contributed by atoms with E-state index in [1.807, 2.05) is 30.3 Å². The molecule has 10 nitrogen and oxygen atoms in total. The molecule has 0 aliphatic heterocycles. The molecule has 3 unspecified atom stereocenters. The lowest BCUT2D eigenvalue weighted by molar-refractivity contribution is -0.161. The summed E-state index contributed by atoms with van der Waals surface area (Å²) in [7, 11) is -4.57. The Morgan fingerprint density at radius 2 is 1.04 bits per heavy atom. The lowest BCUT2D eigenvalue weighted by Gasteiger charge is -2.20. The summed E-state index contributed by atoms with van der Waals surface area (Å²) in [6, 6.07) is 9.12. The van der Waals surface area contributed by atoms with Crippen molar-refractivity contribution < 1.29 is 42.4 Å². The van der Waals surface area contributed by atoms with Crippen molar-refractivity contribution in [1.82, 2.24) is 5.32 Å². The zero-order chi connectivity index (χ0) is 41.7. The fraction of sp³-hybridized carbons (Fsp3) is 0.800. The van der Waals surface area contributed by atoms with Gasteiger partial charge in [0.05, 0.1) is 13.2 Å². The van der Waals surface area contributed by atoms with Crippen LogP contribution in [0, 0.1) is 0 Å². The van der Waals surface area contributed by atoms with Crippen molar-refractivity contribution >= 4 is 41.6 Å². The lowest BCUT2D eigenvalue weighted by Crippen LogP contribution is -2.30. The standard InChI is InChI=1S/C45H79BrNO9P/c1-3-5-7-9-11-13-15-17-19-21-23-25-30-34-42(48)53-38-41(56-43(49)35-31-26-24-22-20-18-16-14-12-10-8-6-4-2)39-55-57(51,52)54-37-36-47-45(50)44(46)40-32-28-27-29-33-40/h27-29,32-33,41,44H,3-26,30-31,34-39H2,1-2H3,(H,47,50)(H,51,52). The normalized spacial score (nSPS) is 13.5. The molecule has 3 atom stereocenters.